The predicted octanol–water partition coefficient (Wildman–Crippen LogP) is 2.83. The van der Waals surface area contributed by atoms with Gasteiger partial charge in [-0.25, -0.2) is 9.48 Å². The highest BCUT2D eigenvalue weighted by atomic mass is 19.2. The van der Waals surface area contributed by atoms with Crippen molar-refractivity contribution in [3.05, 3.63) is 83.7 Å². The van der Waals surface area contributed by atoms with Crippen molar-refractivity contribution in [3.63, 3.8) is 0 Å². The van der Waals surface area contributed by atoms with Crippen LogP contribution in [0.1, 0.15) is 46.7 Å². The molecule has 0 unspecified atom stereocenters. The number of carbonyl (C=O) groups excluding carboxylic acids is 3. The van der Waals surface area contributed by atoms with Crippen LogP contribution in [0.15, 0.2) is 67.0 Å². The summed E-state index contributed by atoms with van der Waals surface area (Å²) in [5, 5.41) is 10.7. The fourth-order valence-corrected chi connectivity index (χ4v) is 5.33. The van der Waals surface area contributed by atoms with E-state index in [1.807, 2.05) is 12.3 Å². The summed E-state index contributed by atoms with van der Waals surface area (Å²) in [5.41, 5.74) is 9.00. The minimum absolute atomic E-state index is 0.0434. The maximum atomic E-state index is 14.6. The topological polar surface area (TPSA) is 122 Å². The number of amides is 4. The Morgan fingerprint density at radius 3 is 2.44 bits per heavy atom. The Hall–Kier alpha value is -4.09. The van der Waals surface area contributed by atoms with Crippen LogP contribution >= 0.6 is 0 Å². The smallest absolute Gasteiger partial charge is 0.340 e. The number of nitrogens with two attached hydrogens (primary N) is 1. The average molecular weight is 563 g/mol. The molecule has 3 atom stereocenters. The van der Waals surface area contributed by atoms with Gasteiger partial charge in [0.05, 0.1) is 18.8 Å². The molecule has 10 nitrogen and oxygen atoms in total. The molecule has 2 aromatic carbocycles. The lowest BCUT2D eigenvalue weighted by atomic mass is 10.1. The van der Waals surface area contributed by atoms with Crippen molar-refractivity contribution in [2.45, 2.75) is 44.2 Å². The second-order valence-electron chi connectivity index (χ2n) is 11.0. The van der Waals surface area contributed by atoms with Crippen molar-refractivity contribution in [3.8, 4) is 5.69 Å². The molecule has 2 fully saturated rings. The molecule has 216 valence electrons. The lowest BCUT2D eigenvalue weighted by Crippen LogP contribution is -2.62. The van der Waals surface area contributed by atoms with Gasteiger partial charge in [0, 0.05) is 34.4 Å². The van der Waals surface area contributed by atoms with Crippen LogP contribution in [0.5, 0.6) is 0 Å². The number of piperazine rings is 1. The number of benzene rings is 2. The third kappa shape index (κ3) is 6.80. The van der Waals surface area contributed by atoms with E-state index in [-0.39, 0.29) is 38.0 Å². The minimum atomic E-state index is -1.39. The number of quaternary nitrogens is 1. The van der Waals surface area contributed by atoms with Crippen LogP contribution in [0.2, 0.25) is 0 Å². The fourth-order valence-electron chi connectivity index (χ4n) is 5.33. The number of aromatic nitrogens is 2. The summed E-state index contributed by atoms with van der Waals surface area (Å²) in [6.07, 6.45) is 5.65. The summed E-state index contributed by atoms with van der Waals surface area (Å²) in [5.74, 6) is -0.156. The Morgan fingerprint density at radius 1 is 1.10 bits per heavy atom. The van der Waals surface area contributed by atoms with Crippen molar-refractivity contribution < 1.29 is 23.6 Å². The molecule has 4 N–H and O–H groups in total. The zero-order chi connectivity index (χ0) is 29.0. The molecule has 3 aromatic rings. The number of nitrogens with one attached hydrogen (secondary N) is 2. The Kier molecular flexibility index (Phi) is 8.46. The number of rotatable bonds is 10. The SMILES string of the molecule is Cc1ccc([C@@H]2C[C@H]2NCCC[C@@H](NC(=O)c2ccc(-n3cccn3)cc2)C(=O)N2CC[N+](F)(C(N)=O)CC2)cc1. The van der Waals surface area contributed by atoms with Gasteiger partial charge in [-0.3, -0.25) is 9.59 Å². The van der Waals surface area contributed by atoms with E-state index in [4.69, 9.17) is 5.73 Å². The number of carbonyl (C=O) groups is 3. The van der Waals surface area contributed by atoms with Gasteiger partial charge in [-0.05, 0) is 73.3 Å². The first kappa shape index (κ1) is 28.4. The first-order valence-electron chi connectivity index (χ1n) is 14.1. The summed E-state index contributed by atoms with van der Waals surface area (Å²) in [4.78, 5) is 39.7. The van der Waals surface area contributed by atoms with E-state index < -0.39 is 16.8 Å². The molecule has 41 heavy (non-hydrogen) atoms. The maximum absolute atomic E-state index is 14.6. The molecule has 2 aliphatic rings. The number of urea groups is 1. The largest absolute Gasteiger partial charge is 0.452 e. The van der Waals surface area contributed by atoms with Gasteiger partial charge in [0.1, 0.15) is 19.1 Å². The molecule has 5 rings (SSSR count). The highest BCUT2D eigenvalue weighted by Crippen LogP contribution is 2.40. The molecular weight excluding hydrogens is 525 g/mol. The van der Waals surface area contributed by atoms with Crippen LogP contribution in [0.25, 0.3) is 5.69 Å². The molecule has 1 saturated carbocycles. The van der Waals surface area contributed by atoms with Crippen molar-refractivity contribution in [1.29, 1.82) is 0 Å². The number of halogens is 1. The van der Waals surface area contributed by atoms with Crippen LogP contribution in [0.4, 0.5) is 9.28 Å². The van der Waals surface area contributed by atoms with Gasteiger partial charge in [0.15, 0.2) is 0 Å². The van der Waals surface area contributed by atoms with Gasteiger partial charge < -0.3 is 21.3 Å². The minimum Gasteiger partial charge on any atom is -0.340 e. The van der Waals surface area contributed by atoms with E-state index in [9.17, 15) is 18.9 Å². The normalized spacial score (nSPS) is 20.3. The van der Waals surface area contributed by atoms with Crippen molar-refractivity contribution in [2.75, 3.05) is 32.7 Å². The Labute approximate surface area is 238 Å². The van der Waals surface area contributed by atoms with E-state index in [2.05, 4.69) is 46.9 Å². The molecule has 0 spiro atoms. The van der Waals surface area contributed by atoms with E-state index >= 15 is 0 Å². The van der Waals surface area contributed by atoms with E-state index in [1.54, 1.807) is 35.1 Å². The molecule has 4 amide bonds. The van der Waals surface area contributed by atoms with Crippen molar-refractivity contribution in [1.82, 2.24) is 25.3 Å². The summed E-state index contributed by atoms with van der Waals surface area (Å²) in [6.45, 7) is 2.45. The third-order valence-electron chi connectivity index (χ3n) is 8.03. The monoisotopic (exact) mass is 562 g/mol. The van der Waals surface area contributed by atoms with Gasteiger partial charge in [-0.1, -0.05) is 29.8 Å². The molecule has 1 saturated heterocycles. The summed E-state index contributed by atoms with van der Waals surface area (Å²) >= 11 is 0. The van der Waals surface area contributed by atoms with Crippen molar-refractivity contribution in [2.24, 2.45) is 5.73 Å². The predicted molar refractivity (Wildman–Crippen MR) is 152 cm³/mol. The van der Waals surface area contributed by atoms with Crippen LogP contribution < -0.4 is 16.4 Å². The van der Waals surface area contributed by atoms with Crippen LogP contribution in [0, 0.1) is 6.92 Å². The number of aryl methyl sites for hydroxylation is 1. The fraction of sp³-hybridized carbons (Fsp3) is 0.400. The van der Waals surface area contributed by atoms with Gasteiger partial charge in [0.25, 0.3) is 5.91 Å². The second-order valence-corrected chi connectivity index (χ2v) is 11.0. The lowest BCUT2D eigenvalue weighted by Gasteiger charge is -2.35. The maximum Gasteiger partial charge on any atom is 0.452 e. The van der Waals surface area contributed by atoms with Crippen LogP contribution in [-0.4, -0.2) is 82.0 Å². The van der Waals surface area contributed by atoms with E-state index in [1.165, 1.54) is 16.0 Å². The third-order valence-corrected chi connectivity index (χ3v) is 8.03. The summed E-state index contributed by atoms with van der Waals surface area (Å²) in [6, 6.07) is 15.9. The molecule has 0 bridgehead atoms. The second kappa shape index (κ2) is 12.2. The molecule has 1 aliphatic carbocycles. The quantitative estimate of drug-likeness (QED) is 0.259. The Balaban J connectivity index is 1.19. The van der Waals surface area contributed by atoms with Crippen LogP contribution in [-0.2, 0) is 4.79 Å². The average Bonchev–Trinajstić information content (AvgIpc) is 3.53. The zero-order valence-electron chi connectivity index (χ0n) is 23.2. The van der Waals surface area contributed by atoms with Gasteiger partial charge in [-0.2, -0.15) is 5.10 Å². The first-order valence-corrected chi connectivity index (χ1v) is 14.1. The first-order chi connectivity index (χ1) is 19.7. The summed E-state index contributed by atoms with van der Waals surface area (Å²) in [7, 11) is 0. The van der Waals surface area contributed by atoms with Gasteiger partial charge in [0.2, 0.25) is 5.91 Å². The molecule has 1 aromatic heterocycles. The number of hydrogen-bond donors (Lipinski definition) is 3. The Morgan fingerprint density at radius 2 is 1.80 bits per heavy atom. The number of nitrogens with zero attached hydrogens (tertiary/aromatic N) is 4. The van der Waals surface area contributed by atoms with E-state index in [0.29, 0.717) is 36.9 Å². The zero-order valence-corrected chi connectivity index (χ0v) is 23.2. The highest BCUT2D eigenvalue weighted by molar-refractivity contribution is 5.97. The lowest BCUT2D eigenvalue weighted by molar-refractivity contribution is -0.990. The molecule has 0 radical (unpaired) electrons. The number of hydrogen-bond acceptors (Lipinski definition) is 5. The number of primary amides is 1. The standard InChI is InChI=1S/C30H36FN7O3/c1-21-5-7-22(8-6-21)25-20-27(25)33-13-2-4-26(29(40)36-16-18-38(31,19-17-36)30(32)41)35-28(39)23-9-11-24(12-10-23)37-15-3-14-34-37/h3,5-12,14-15,25-27,33H,2,4,13,16-20H2,1H3,(H2-,32,35,39,41)/p+1/t25-,26+,27+/m0/s1. The summed E-state index contributed by atoms with van der Waals surface area (Å²) < 4.78 is 14.9. The van der Waals surface area contributed by atoms with E-state index in [0.717, 1.165) is 12.1 Å². The molecule has 11 heteroatoms. The van der Waals surface area contributed by atoms with Crippen molar-refractivity contribution >= 4 is 17.8 Å². The molecular formula is C30H37FN7O3+. The van der Waals surface area contributed by atoms with Gasteiger partial charge in [-0.15, -0.1) is 0 Å². The highest BCUT2D eigenvalue weighted by Gasteiger charge is 2.43. The Bertz CT molecular complexity index is 1350. The van der Waals surface area contributed by atoms with Crippen LogP contribution in [0.3, 0.4) is 0 Å². The molecule has 1 aliphatic heterocycles. The molecule has 2 heterocycles. The van der Waals surface area contributed by atoms with Gasteiger partial charge >= 0.3 is 6.03 Å².